The van der Waals surface area contributed by atoms with Crippen LogP contribution in [-0.4, -0.2) is 36.0 Å². The van der Waals surface area contributed by atoms with E-state index in [1.165, 1.54) is 0 Å². The van der Waals surface area contributed by atoms with Gasteiger partial charge >= 0.3 is 5.97 Å². The van der Waals surface area contributed by atoms with Crippen molar-refractivity contribution in [2.75, 3.05) is 6.61 Å². The van der Waals surface area contributed by atoms with Crippen LogP contribution in [0.1, 0.15) is 25.7 Å². The van der Waals surface area contributed by atoms with Gasteiger partial charge in [0.2, 0.25) is 0 Å². The van der Waals surface area contributed by atoms with E-state index in [0.29, 0.717) is 18.9 Å². The first kappa shape index (κ1) is 8.68. The number of carboxylic acid groups (broad SMARTS) is 1. The smallest absolute Gasteiger partial charge is 0.309 e. The quantitative estimate of drug-likeness (QED) is 0.681. The van der Waals surface area contributed by atoms with Crippen molar-refractivity contribution in [2.45, 2.75) is 44.0 Å². The Kier molecular flexibility index (Phi) is 1.67. The number of hydrogen-bond acceptors (Lipinski definition) is 3. The van der Waals surface area contributed by atoms with Crippen LogP contribution in [0, 0.1) is 5.41 Å². The molecule has 2 aliphatic heterocycles. The fourth-order valence-corrected chi connectivity index (χ4v) is 2.61. The van der Waals surface area contributed by atoms with E-state index >= 15 is 0 Å². The Morgan fingerprint density at radius 1 is 1.50 bits per heavy atom. The average molecular weight is 198 g/mol. The van der Waals surface area contributed by atoms with Gasteiger partial charge in [-0.1, -0.05) is 0 Å². The number of carbonyl (C=O) groups is 1. The van der Waals surface area contributed by atoms with Crippen molar-refractivity contribution in [2.24, 2.45) is 5.41 Å². The first-order valence-electron chi connectivity index (χ1n) is 5.20. The van der Waals surface area contributed by atoms with E-state index in [-0.39, 0.29) is 12.2 Å². The summed E-state index contributed by atoms with van der Waals surface area (Å²) < 4.78 is 10.5. The third-order valence-electron chi connectivity index (χ3n) is 3.66. The predicted octanol–water partition coefficient (Wildman–Crippen LogP) is 0.798. The van der Waals surface area contributed by atoms with E-state index in [0.717, 1.165) is 19.4 Å². The highest BCUT2D eigenvalue weighted by atomic mass is 16.6. The maximum absolute atomic E-state index is 11.3. The van der Waals surface area contributed by atoms with Gasteiger partial charge < -0.3 is 14.6 Å². The van der Waals surface area contributed by atoms with Crippen LogP contribution >= 0.6 is 0 Å². The van der Waals surface area contributed by atoms with E-state index in [1.807, 2.05) is 0 Å². The van der Waals surface area contributed by atoms with Gasteiger partial charge in [-0.25, -0.2) is 0 Å². The molecule has 0 aromatic carbocycles. The minimum absolute atomic E-state index is 0.196. The van der Waals surface area contributed by atoms with Crippen LogP contribution in [0.2, 0.25) is 0 Å². The molecule has 3 aliphatic rings. The zero-order valence-corrected chi connectivity index (χ0v) is 7.94. The molecule has 4 heteroatoms. The third kappa shape index (κ3) is 1.33. The molecule has 0 aromatic heterocycles. The minimum Gasteiger partial charge on any atom is -0.481 e. The topological polar surface area (TPSA) is 62.4 Å². The highest BCUT2D eigenvalue weighted by Crippen LogP contribution is 2.50. The number of carboxylic acids is 1. The van der Waals surface area contributed by atoms with E-state index in [1.54, 1.807) is 0 Å². The Labute approximate surface area is 82.2 Å². The molecule has 0 amide bonds. The van der Waals surface area contributed by atoms with Gasteiger partial charge in [-0.2, -0.15) is 0 Å². The molecule has 1 aliphatic carbocycles. The Morgan fingerprint density at radius 3 is 2.86 bits per heavy atom. The molecule has 2 saturated heterocycles. The number of hydrogen-bond donors (Lipinski definition) is 1. The van der Waals surface area contributed by atoms with Crippen molar-refractivity contribution in [1.82, 2.24) is 0 Å². The largest absolute Gasteiger partial charge is 0.481 e. The molecule has 14 heavy (non-hydrogen) atoms. The maximum atomic E-state index is 11.3. The van der Waals surface area contributed by atoms with Gasteiger partial charge in [0, 0.05) is 0 Å². The fourth-order valence-electron chi connectivity index (χ4n) is 2.61. The Morgan fingerprint density at radius 2 is 2.29 bits per heavy atom. The normalized spacial score (nSPS) is 49.6. The van der Waals surface area contributed by atoms with Gasteiger partial charge in [-0.15, -0.1) is 0 Å². The molecule has 4 atom stereocenters. The summed E-state index contributed by atoms with van der Waals surface area (Å²) in [6.45, 7) is 0.740. The Hall–Kier alpha value is -0.610. The summed E-state index contributed by atoms with van der Waals surface area (Å²) in [5.41, 5.74) is -0.557. The molecular formula is C10H14O4. The molecule has 4 nitrogen and oxygen atoms in total. The lowest BCUT2D eigenvalue weighted by Gasteiger charge is -2.30. The highest BCUT2D eigenvalue weighted by molar-refractivity contribution is 5.75. The second-order valence-corrected chi connectivity index (χ2v) is 4.70. The van der Waals surface area contributed by atoms with Gasteiger partial charge in [0.1, 0.15) is 0 Å². The van der Waals surface area contributed by atoms with Crippen LogP contribution in [0.4, 0.5) is 0 Å². The van der Waals surface area contributed by atoms with Crippen LogP contribution in [0.5, 0.6) is 0 Å². The zero-order valence-electron chi connectivity index (χ0n) is 7.94. The standard InChI is InChI=1S/C10H14O4/c11-9(12)10(3-6-5-13-6)2-1-7-8(4-10)14-7/h6-8H,1-5H2,(H,11,12). The van der Waals surface area contributed by atoms with E-state index in [9.17, 15) is 9.90 Å². The van der Waals surface area contributed by atoms with Crippen molar-refractivity contribution in [3.05, 3.63) is 0 Å². The lowest BCUT2D eigenvalue weighted by Crippen LogP contribution is -2.37. The third-order valence-corrected chi connectivity index (χ3v) is 3.66. The first-order chi connectivity index (χ1) is 6.70. The first-order valence-corrected chi connectivity index (χ1v) is 5.20. The molecule has 4 unspecified atom stereocenters. The predicted molar refractivity (Wildman–Crippen MR) is 46.9 cm³/mol. The molecule has 0 spiro atoms. The second kappa shape index (κ2) is 2.70. The number of aliphatic carboxylic acids is 1. The van der Waals surface area contributed by atoms with E-state index in [4.69, 9.17) is 9.47 Å². The Bertz CT molecular complexity index is 269. The van der Waals surface area contributed by atoms with Crippen LogP contribution in [0.15, 0.2) is 0 Å². The van der Waals surface area contributed by atoms with Crippen LogP contribution in [0.3, 0.4) is 0 Å². The molecule has 78 valence electrons. The molecule has 0 radical (unpaired) electrons. The number of rotatable bonds is 3. The lowest BCUT2D eigenvalue weighted by molar-refractivity contribution is -0.151. The second-order valence-electron chi connectivity index (χ2n) is 4.70. The molecule has 1 saturated carbocycles. The monoisotopic (exact) mass is 198 g/mol. The number of epoxide rings is 2. The van der Waals surface area contributed by atoms with Crippen LogP contribution in [0.25, 0.3) is 0 Å². The molecule has 2 heterocycles. The fraction of sp³-hybridized carbons (Fsp3) is 0.900. The van der Waals surface area contributed by atoms with Crippen LogP contribution in [-0.2, 0) is 14.3 Å². The summed E-state index contributed by atoms with van der Waals surface area (Å²) in [5.74, 6) is -0.665. The van der Waals surface area contributed by atoms with Gasteiger partial charge in [-0.05, 0) is 25.7 Å². The van der Waals surface area contributed by atoms with E-state index < -0.39 is 11.4 Å². The maximum Gasteiger partial charge on any atom is 0.309 e. The molecular weight excluding hydrogens is 184 g/mol. The summed E-state index contributed by atoms with van der Waals surface area (Å²) in [6, 6.07) is 0. The number of ether oxygens (including phenoxy) is 2. The van der Waals surface area contributed by atoms with Crippen LogP contribution < -0.4 is 0 Å². The summed E-state index contributed by atoms with van der Waals surface area (Å²) in [6.07, 6.45) is 3.80. The highest BCUT2D eigenvalue weighted by Gasteiger charge is 2.55. The van der Waals surface area contributed by atoms with E-state index in [2.05, 4.69) is 0 Å². The zero-order chi connectivity index (χ0) is 9.76. The van der Waals surface area contributed by atoms with Crippen molar-refractivity contribution < 1.29 is 19.4 Å². The lowest BCUT2D eigenvalue weighted by atomic mass is 9.71. The van der Waals surface area contributed by atoms with Crippen molar-refractivity contribution in [1.29, 1.82) is 0 Å². The van der Waals surface area contributed by atoms with Gasteiger partial charge in [0.25, 0.3) is 0 Å². The molecule has 0 bridgehead atoms. The molecule has 0 aromatic rings. The minimum atomic E-state index is -0.665. The SMILES string of the molecule is O=C(O)C1(CC2CO2)CCC2OC2C1. The van der Waals surface area contributed by atoms with Crippen molar-refractivity contribution in [3.63, 3.8) is 0 Å². The molecule has 3 rings (SSSR count). The molecule has 3 fully saturated rings. The summed E-state index contributed by atoms with van der Waals surface area (Å²) in [5, 5.41) is 9.29. The summed E-state index contributed by atoms with van der Waals surface area (Å²) in [4.78, 5) is 11.3. The summed E-state index contributed by atoms with van der Waals surface area (Å²) in [7, 11) is 0. The summed E-state index contributed by atoms with van der Waals surface area (Å²) >= 11 is 0. The Balaban J connectivity index is 1.75. The molecule has 1 N–H and O–H groups in total. The van der Waals surface area contributed by atoms with Gasteiger partial charge in [0.15, 0.2) is 0 Å². The number of fused-ring (bicyclic) bond motifs is 1. The van der Waals surface area contributed by atoms with Crippen molar-refractivity contribution >= 4 is 5.97 Å². The van der Waals surface area contributed by atoms with Crippen molar-refractivity contribution in [3.8, 4) is 0 Å². The van der Waals surface area contributed by atoms with Gasteiger partial charge in [-0.3, -0.25) is 4.79 Å². The average Bonchev–Trinajstić information content (AvgIpc) is 2.97. The van der Waals surface area contributed by atoms with Gasteiger partial charge in [0.05, 0.1) is 30.3 Å².